The normalized spacial score (nSPS) is 22.0. The standard InChI is InChI=1S/C18H29N3O2/c1-4-5-9-19-18(23)16-7-6-14(2)21(13-16)12-15-8-10-20(3)17(22)11-15/h8,10-11,14,16H,4-7,9,12-13H2,1-3H3,(H,19,23)/t14-,16-/m1/s1. The molecule has 0 bridgehead atoms. The quantitative estimate of drug-likeness (QED) is 0.815. The highest BCUT2D eigenvalue weighted by molar-refractivity contribution is 5.78. The zero-order valence-corrected chi connectivity index (χ0v) is 14.5. The molecule has 1 aromatic heterocycles. The van der Waals surface area contributed by atoms with E-state index in [0.29, 0.717) is 6.04 Å². The van der Waals surface area contributed by atoms with E-state index >= 15 is 0 Å². The Balaban J connectivity index is 1.96. The third-order valence-corrected chi connectivity index (χ3v) is 4.77. The van der Waals surface area contributed by atoms with E-state index in [1.54, 1.807) is 23.9 Å². The lowest BCUT2D eigenvalue weighted by atomic mass is 9.92. The molecule has 23 heavy (non-hydrogen) atoms. The van der Waals surface area contributed by atoms with Gasteiger partial charge in [0.15, 0.2) is 0 Å². The van der Waals surface area contributed by atoms with Gasteiger partial charge in [-0.15, -0.1) is 0 Å². The second kappa shape index (κ2) is 8.29. The van der Waals surface area contributed by atoms with Crippen LogP contribution in [-0.4, -0.2) is 34.5 Å². The number of rotatable bonds is 6. The lowest BCUT2D eigenvalue weighted by Crippen LogP contribution is -2.46. The molecule has 0 spiro atoms. The lowest BCUT2D eigenvalue weighted by molar-refractivity contribution is -0.127. The summed E-state index contributed by atoms with van der Waals surface area (Å²) in [7, 11) is 1.76. The summed E-state index contributed by atoms with van der Waals surface area (Å²) < 4.78 is 1.58. The van der Waals surface area contributed by atoms with Gasteiger partial charge in [0.2, 0.25) is 5.91 Å². The number of unbranched alkanes of at least 4 members (excludes halogenated alkanes) is 1. The van der Waals surface area contributed by atoms with Crippen molar-refractivity contribution in [1.29, 1.82) is 0 Å². The summed E-state index contributed by atoms with van der Waals surface area (Å²) in [5.41, 5.74) is 1.04. The first-order valence-corrected chi connectivity index (χ1v) is 8.68. The molecule has 128 valence electrons. The van der Waals surface area contributed by atoms with Crippen molar-refractivity contribution in [2.75, 3.05) is 13.1 Å². The molecule has 2 heterocycles. The highest BCUT2D eigenvalue weighted by Crippen LogP contribution is 2.23. The summed E-state index contributed by atoms with van der Waals surface area (Å²) >= 11 is 0. The van der Waals surface area contributed by atoms with E-state index in [0.717, 1.165) is 50.9 Å². The first-order chi connectivity index (χ1) is 11.0. The first-order valence-electron chi connectivity index (χ1n) is 8.68. The van der Waals surface area contributed by atoms with Crippen molar-refractivity contribution in [2.24, 2.45) is 13.0 Å². The van der Waals surface area contributed by atoms with E-state index in [-0.39, 0.29) is 17.4 Å². The molecule has 1 amide bonds. The number of aryl methyl sites for hydroxylation is 1. The van der Waals surface area contributed by atoms with Crippen LogP contribution in [0.4, 0.5) is 0 Å². The zero-order valence-electron chi connectivity index (χ0n) is 14.5. The molecular formula is C18H29N3O2. The molecule has 1 saturated heterocycles. The Labute approximate surface area is 138 Å². The van der Waals surface area contributed by atoms with Crippen LogP contribution < -0.4 is 10.9 Å². The number of pyridine rings is 1. The largest absolute Gasteiger partial charge is 0.356 e. The van der Waals surface area contributed by atoms with Gasteiger partial charge in [-0.1, -0.05) is 13.3 Å². The van der Waals surface area contributed by atoms with Crippen molar-refractivity contribution >= 4 is 5.91 Å². The number of carbonyl (C=O) groups is 1. The summed E-state index contributed by atoms with van der Waals surface area (Å²) in [6.07, 6.45) is 5.91. The maximum absolute atomic E-state index is 12.3. The fourth-order valence-corrected chi connectivity index (χ4v) is 3.07. The second-order valence-electron chi connectivity index (χ2n) is 6.68. The highest BCUT2D eigenvalue weighted by atomic mass is 16.2. The number of nitrogens with one attached hydrogen (secondary N) is 1. The summed E-state index contributed by atoms with van der Waals surface area (Å²) in [6, 6.07) is 4.12. The molecule has 1 aliphatic rings. The van der Waals surface area contributed by atoms with E-state index in [1.165, 1.54) is 0 Å². The van der Waals surface area contributed by atoms with Gasteiger partial charge in [0, 0.05) is 45.0 Å². The van der Waals surface area contributed by atoms with Gasteiger partial charge in [-0.25, -0.2) is 0 Å². The number of carbonyl (C=O) groups excluding carboxylic acids is 1. The number of hydrogen-bond donors (Lipinski definition) is 1. The Morgan fingerprint density at radius 1 is 1.39 bits per heavy atom. The SMILES string of the molecule is CCCCNC(=O)[C@@H]1CC[C@@H](C)N(Cc2ccn(C)c(=O)c2)C1. The van der Waals surface area contributed by atoms with Crippen LogP contribution in [0.3, 0.4) is 0 Å². The minimum absolute atomic E-state index is 0.0148. The Hall–Kier alpha value is -1.62. The fourth-order valence-electron chi connectivity index (χ4n) is 3.07. The molecule has 0 aliphatic carbocycles. The monoisotopic (exact) mass is 319 g/mol. The van der Waals surface area contributed by atoms with E-state index in [1.807, 2.05) is 6.07 Å². The Bertz CT molecular complexity index is 582. The van der Waals surface area contributed by atoms with Gasteiger partial charge in [-0.2, -0.15) is 0 Å². The molecule has 1 N–H and O–H groups in total. The number of nitrogens with zero attached hydrogens (tertiary/aromatic N) is 2. The lowest BCUT2D eigenvalue weighted by Gasteiger charge is -2.37. The van der Waals surface area contributed by atoms with Crippen LogP contribution >= 0.6 is 0 Å². The van der Waals surface area contributed by atoms with Gasteiger partial charge in [0.25, 0.3) is 5.56 Å². The molecule has 0 saturated carbocycles. The number of likely N-dealkylation sites (tertiary alicyclic amines) is 1. The smallest absolute Gasteiger partial charge is 0.250 e. The summed E-state index contributed by atoms with van der Waals surface area (Å²) in [5.74, 6) is 0.244. The van der Waals surface area contributed by atoms with Crippen LogP contribution in [0, 0.1) is 5.92 Å². The van der Waals surface area contributed by atoms with Gasteiger partial charge < -0.3 is 9.88 Å². The van der Waals surface area contributed by atoms with Gasteiger partial charge in [-0.05, 0) is 37.8 Å². The third kappa shape index (κ3) is 4.93. The predicted molar refractivity (Wildman–Crippen MR) is 92.2 cm³/mol. The van der Waals surface area contributed by atoms with Gasteiger partial charge in [0.1, 0.15) is 0 Å². The van der Waals surface area contributed by atoms with Crippen LogP contribution in [0.15, 0.2) is 23.1 Å². The van der Waals surface area contributed by atoms with E-state index in [2.05, 4.69) is 24.1 Å². The van der Waals surface area contributed by atoms with Gasteiger partial charge >= 0.3 is 0 Å². The predicted octanol–water partition coefficient (Wildman–Crippen LogP) is 1.90. The Morgan fingerprint density at radius 3 is 2.87 bits per heavy atom. The van der Waals surface area contributed by atoms with Crippen molar-refractivity contribution < 1.29 is 4.79 Å². The van der Waals surface area contributed by atoms with Crippen molar-refractivity contribution in [3.63, 3.8) is 0 Å². The van der Waals surface area contributed by atoms with Crippen LogP contribution in [0.2, 0.25) is 0 Å². The Kier molecular flexibility index (Phi) is 6.39. The van der Waals surface area contributed by atoms with Crippen molar-refractivity contribution in [3.05, 3.63) is 34.2 Å². The maximum Gasteiger partial charge on any atom is 0.250 e. The highest BCUT2D eigenvalue weighted by Gasteiger charge is 2.29. The second-order valence-corrected chi connectivity index (χ2v) is 6.68. The minimum Gasteiger partial charge on any atom is -0.356 e. The van der Waals surface area contributed by atoms with Gasteiger partial charge in [-0.3, -0.25) is 14.5 Å². The summed E-state index contributed by atoms with van der Waals surface area (Å²) in [5, 5.41) is 3.05. The van der Waals surface area contributed by atoms with Crippen LogP contribution in [0.5, 0.6) is 0 Å². The van der Waals surface area contributed by atoms with Crippen LogP contribution in [0.1, 0.15) is 45.1 Å². The molecule has 1 aromatic rings. The number of aromatic nitrogens is 1. The molecule has 5 nitrogen and oxygen atoms in total. The molecule has 2 atom stereocenters. The minimum atomic E-state index is 0.0148. The molecule has 1 fully saturated rings. The maximum atomic E-state index is 12.3. The van der Waals surface area contributed by atoms with E-state index in [4.69, 9.17) is 0 Å². The number of piperidine rings is 1. The van der Waals surface area contributed by atoms with Crippen molar-refractivity contribution in [2.45, 2.75) is 52.1 Å². The average Bonchev–Trinajstić information content (AvgIpc) is 2.53. The van der Waals surface area contributed by atoms with E-state index in [9.17, 15) is 9.59 Å². The number of hydrogen-bond acceptors (Lipinski definition) is 3. The van der Waals surface area contributed by atoms with Crippen LogP contribution in [-0.2, 0) is 18.4 Å². The van der Waals surface area contributed by atoms with E-state index < -0.39 is 0 Å². The molecule has 0 aromatic carbocycles. The van der Waals surface area contributed by atoms with Crippen LogP contribution in [0.25, 0.3) is 0 Å². The van der Waals surface area contributed by atoms with Crippen molar-refractivity contribution in [3.8, 4) is 0 Å². The topological polar surface area (TPSA) is 54.3 Å². The molecule has 1 aliphatic heterocycles. The molecule has 0 radical (unpaired) electrons. The first kappa shape index (κ1) is 17.7. The Morgan fingerprint density at radius 2 is 2.17 bits per heavy atom. The fraction of sp³-hybridized carbons (Fsp3) is 0.667. The van der Waals surface area contributed by atoms with Crippen molar-refractivity contribution in [1.82, 2.24) is 14.8 Å². The summed E-state index contributed by atoms with van der Waals surface area (Å²) in [6.45, 7) is 6.60. The molecular weight excluding hydrogens is 290 g/mol. The molecule has 0 unspecified atom stereocenters. The summed E-state index contributed by atoms with van der Waals surface area (Å²) in [4.78, 5) is 26.4. The molecule has 2 rings (SSSR count). The molecule has 5 heteroatoms. The van der Waals surface area contributed by atoms with Gasteiger partial charge in [0.05, 0.1) is 5.92 Å². The zero-order chi connectivity index (χ0) is 16.8. The number of amides is 1. The third-order valence-electron chi connectivity index (χ3n) is 4.77. The average molecular weight is 319 g/mol.